The summed E-state index contributed by atoms with van der Waals surface area (Å²) in [7, 11) is -2.58. The molecule has 0 aromatic heterocycles. The maximum Gasteiger partial charge on any atom is 0.417 e. The van der Waals surface area contributed by atoms with Crippen molar-refractivity contribution in [2.75, 3.05) is 33.2 Å². The van der Waals surface area contributed by atoms with Crippen LogP contribution in [0, 0.1) is 0 Å². The van der Waals surface area contributed by atoms with Crippen molar-refractivity contribution >= 4 is 15.9 Å². The number of piperazine rings is 1. The number of halogens is 3. The molecule has 1 saturated heterocycles. The third kappa shape index (κ3) is 5.31. The van der Waals surface area contributed by atoms with E-state index in [2.05, 4.69) is 0 Å². The zero-order valence-electron chi connectivity index (χ0n) is 18.0. The standard InChI is InChI=1S/C22H26F3N3O3S/c1-17(21(29)26(2)16-18-8-4-3-5-9-18)27-12-14-28(15-13-27)32(30,31)20-11-7-6-10-19(20)22(23,24)25/h3-11,17H,12-16H2,1-2H3/p+1/t17-/m0/s1. The summed E-state index contributed by atoms with van der Waals surface area (Å²) in [6.45, 7) is 3.01. The van der Waals surface area contributed by atoms with E-state index in [1.165, 1.54) is 12.1 Å². The van der Waals surface area contributed by atoms with E-state index < -0.39 is 32.7 Å². The number of amides is 1. The molecule has 2 aromatic carbocycles. The summed E-state index contributed by atoms with van der Waals surface area (Å²) in [5.74, 6) is -0.0671. The third-order valence-electron chi connectivity index (χ3n) is 5.80. The lowest BCUT2D eigenvalue weighted by molar-refractivity contribution is -0.918. The minimum atomic E-state index is -4.76. The van der Waals surface area contributed by atoms with Crippen molar-refractivity contribution in [3.63, 3.8) is 0 Å². The molecule has 32 heavy (non-hydrogen) atoms. The Hall–Kier alpha value is -2.43. The topological polar surface area (TPSA) is 62.1 Å². The number of carbonyl (C=O) groups excluding carboxylic acids is 1. The molecule has 1 aliphatic heterocycles. The zero-order chi connectivity index (χ0) is 23.5. The smallest absolute Gasteiger partial charge is 0.336 e. The SMILES string of the molecule is C[C@@H](C(=O)N(C)Cc1ccccc1)[NH+]1CCN(S(=O)(=O)c2ccccc2C(F)(F)F)CC1. The maximum atomic E-state index is 13.3. The molecule has 0 radical (unpaired) electrons. The number of nitrogens with zero attached hydrogens (tertiary/aromatic N) is 2. The highest BCUT2D eigenvalue weighted by Crippen LogP contribution is 2.35. The minimum absolute atomic E-state index is 0.0455. The molecule has 10 heteroatoms. The average molecular weight is 471 g/mol. The van der Waals surface area contributed by atoms with Crippen molar-refractivity contribution in [2.24, 2.45) is 0 Å². The monoisotopic (exact) mass is 470 g/mol. The highest BCUT2D eigenvalue weighted by Gasteiger charge is 2.41. The molecule has 174 valence electrons. The van der Waals surface area contributed by atoms with Crippen LogP contribution >= 0.6 is 0 Å². The lowest BCUT2D eigenvalue weighted by Crippen LogP contribution is -3.19. The van der Waals surface area contributed by atoms with E-state index in [0.29, 0.717) is 19.6 Å². The number of likely N-dealkylation sites (N-methyl/N-ethyl adjacent to an activating group) is 1. The van der Waals surface area contributed by atoms with Crippen molar-refractivity contribution in [2.45, 2.75) is 30.6 Å². The van der Waals surface area contributed by atoms with Gasteiger partial charge in [0.1, 0.15) is 0 Å². The van der Waals surface area contributed by atoms with Crippen LogP contribution in [-0.2, 0) is 27.5 Å². The largest absolute Gasteiger partial charge is 0.417 e. The van der Waals surface area contributed by atoms with E-state index in [1.54, 1.807) is 18.9 Å². The molecule has 6 nitrogen and oxygen atoms in total. The first-order chi connectivity index (χ1) is 15.0. The Morgan fingerprint density at radius 1 is 1.06 bits per heavy atom. The highest BCUT2D eigenvalue weighted by atomic mass is 32.2. The number of benzene rings is 2. The van der Waals surface area contributed by atoms with Gasteiger partial charge in [0.05, 0.1) is 36.6 Å². The molecule has 1 N–H and O–H groups in total. The maximum absolute atomic E-state index is 13.3. The first kappa shape index (κ1) is 24.2. The second kappa shape index (κ2) is 9.60. The number of alkyl halides is 3. The van der Waals surface area contributed by atoms with Crippen LogP contribution in [0.3, 0.4) is 0 Å². The van der Waals surface area contributed by atoms with Crippen molar-refractivity contribution in [3.8, 4) is 0 Å². The van der Waals surface area contributed by atoms with Gasteiger partial charge in [-0.3, -0.25) is 4.79 Å². The van der Waals surface area contributed by atoms with Gasteiger partial charge in [0.25, 0.3) is 5.91 Å². The summed E-state index contributed by atoms with van der Waals surface area (Å²) in [6.07, 6.45) is -4.76. The molecule has 3 rings (SSSR count). The number of carbonyl (C=O) groups is 1. The van der Waals surface area contributed by atoms with Gasteiger partial charge in [-0.05, 0) is 24.6 Å². The Balaban J connectivity index is 1.65. The summed E-state index contributed by atoms with van der Waals surface area (Å²) in [5.41, 5.74) is -0.161. The van der Waals surface area contributed by atoms with Gasteiger partial charge in [-0.1, -0.05) is 42.5 Å². The Bertz CT molecular complexity index is 1040. The van der Waals surface area contributed by atoms with Crippen LogP contribution in [0.25, 0.3) is 0 Å². The first-order valence-electron chi connectivity index (χ1n) is 10.3. The quantitative estimate of drug-likeness (QED) is 0.699. The Morgan fingerprint density at radius 2 is 1.62 bits per heavy atom. The molecule has 2 aromatic rings. The molecule has 0 unspecified atom stereocenters. The normalized spacial score (nSPS) is 17.2. The second-order valence-corrected chi connectivity index (χ2v) is 9.86. The van der Waals surface area contributed by atoms with Crippen LogP contribution in [0.2, 0.25) is 0 Å². The molecular weight excluding hydrogens is 443 g/mol. The fourth-order valence-corrected chi connectivity index (χ4v) is 5.61. The average Bonchev–Trinajstić information content (AvgIpc) is 2.78. The van der Waals surface area contributed by atoms with Crippen LogP contribution in [0.4, 0.5) is 13.2 Å². The van der Waals surface area contributed by atoms with E-state index >= 15 is 0 Å². The van der Waals surface area contributed by atoms with E-state index in [0.717, 1.165) is 26.9 Å². The van der Waals surface area contributed by atoms with E-state index in [9.17, 15) is 26.4 Å². The molecule has 0 spiro atoms. The Kier molecular flexibility index (Phi) is 7.26. The van der Waals surface area contributed by atoms with Crippen LogP contribution in [-0.4, -0.2) is 62.8 Å². The van der Waals surface area contributed by atoms with E-state index in [1.807, 2.05) is 30.3 Å². The highest BCUT2D eigenvalue weighted by molar-refractivity contribution is 7.89. The number of quaternary nitrogens is 1. The number of sulfonamides is 1. The van der Waals surface area contributed by atoms with Gasteiger partial charge in [0.15, 0.2) is 6.04 Å². The molecule has 0 saturated carbocycles. The van der Waals surface area contributed by atoms with Gasteiger partial charge in [0.2, 0.25) is 10.0 Å². The Labute approximate surface area is 186 Å². The van der Waals surface area contributed by atoms with Crippen LogP contribution in [0.15, 0.2) is 59.5 Å². The predicted molar refractivity (Wildman–Crippen MR) is 113 cm³/mol. The van der Waals surface area contributed by atoms with Gasteiger partial charge in [-0.2, -0.15) is 17.5 Å². The second-order valence-electron chi connectivity index (χ2n) is 7.96. The molecular formula is C22H27F3N3O3S+. The van der Waals surface area contributed by atoms with Crippen molar-refractivity contribution in [1.82, 2.24) is 9.21 Å². The van der Waals surface area contributed by atoms with Crippen LogP contribution < -0.4 is 4.90 Å². The Morgan fingerprint density at radius 3 is 2.22 bits per heavy atom. The molecule has 1 fully saturated rings. The summed E-state index contributed by atoms with van der Waals surface area (Å²) in [4.78, 5) is 14.7. The number of rotatable bonds is 6. The zero-order valence-corrected chi connectivity index (χ0v) is 18.8. The van der Waals surface area contributed by atoms with Crippen LogP contribution in [0.1, 0.15) is 18.1 Å². The molecule has 1 heterocycles. The lowest BCUT2D eigenvalue weighted by atomic mass is 10.2. The third-order valence-corrected chi connectivity index (χ3v) is 7.75. The summed E-state index contributed by atoms with van der Waals surface area (Å²) >= 11 is 0. The van der Waals surface area contributed by atoms with Gasteiger partial charge < -0.3 is 9.80 Å². The molecule has 1 atom stereocenters. The van der Waals surface area contributed by atoms with Crippen LogP contribution in [0.5, 0.6) is 0 Å². The predicted octanol–water partition coefficient (Wildman–Crippen LogP) is 1.64. The number of hydrogen-bond acceptors (Lipinski definition) is 3. The summed E-state index contributed by atoms with van der Waals surface area (Å²) in [5, 5.41) is 0. The van der Waals surface area contributed by atoms with Crippen molar-refractivity contribution < 1.29 is 31.3 Å². The fourth-order valence-electron chi connectivity index (χ4n) is 3.95. The molecule has 0 bridgehead atoms. The van der Waals surface area contributed by atoms with Gasteiger partial charge in [0, 0.05) is 13.6 Å². The molecule has 0 aliphatic carbocycles. The van der Waals surface area contributed by atoms with Gasteiger partial charge in [-0.25, -0.2) is 8.42 Å². The fraction of sp³-hybridized carbons (Fsp3) is 0.409. The number of hydrogen-bond donors (Lipinski definition) is 1. The minimum Gasteiger partial charge on any atom is -0.336 e. The van der Waals surface area contributed by atoms with E-state index in [4.69, 9.17) is 0 Å². The molecule has 1 aliphatic rings. The number of nitrogens with one attached hydrogen (secondary N) is 1. The van der Waals surface area contributed by atoms with Gasteiger partial charge in [-0.15, -0.1) is 0 Å². The van der Waals surface area contributed by atoms with E-state index in [-0.39, 0.29) is 19.0 Å². The van der Waals surface area contributed by atoms with Crippen molar-refractivity contribution in [3.05, 3.63) is 65.7 Å². The first-order valence-corrected chi connectivity index (χ1v) is 11.8. The summed E-state index contributed by atoms with van der Waals surface area (Å²) in [6, 6.07) is 13.4. The lowest BCUT2D eigenvalue weighted by Gasteiger charge is -2.35. The molecule has 1 amide bonds. The summed E-state index contributed by atoms with van der Waals surface area (Å²) < 4.78 is 66.8. The van der Waals surface area contributed by atoms with Gasteiger partial charge >= 0.3 is 6.18 Å². The van der Waals surface area contributed by atoms with Crippen molar-refractivity contribution in [1.29, 1.82) is 0 Å².